The summed E-state index contributed by atoms with van der Waals surface area (Å²) in [5.74, 6) is 1.12. The lowest BCUT2D eigenvalue weighted by molar-refractivity contribution is -0.384. The summed E-state index contributed by atoms with van der Waals surface area (Å²) in [7, 11) is 0. The third-order valence-corrected chi connectivity index (χ3v) is 5.27. The molecule has 0 saturated carbocycles. The van der Waals surface area contributed by atoms with Crippen molar-refractivity contribution < 1.29 is 14.5 Å². The summed E-state index contributed by atoms with van der Waals surface area (Å²) in [5.41, 5.74) is 0.0292. The van der Waals surface area contributed by atoms with Crippen LogP contribution in [0.4, 0.5) is 11.4 Å². The van der Waals surface area contributed by atoms with Crippen LogP contribution in [0, 0.1) is 10.1 Å². The highest BCUT2D eigenvalue weighted by Crippen LogP contribution is 2.27. The lowest BCUT2D eigenvalue weighted by Gasteiger charge is -2.09. The van der Waals surface area contributed by atoms with E-state index in [0.717, 1.165) is 5.75 Å². The van der Waals surface area contributed by atoms with Gasteiger partial charge >= 0.3 is 0 Å². The summed E-state index contributed by atoms with van der Waals surface area (Å²) in [6.07, 6.45) is 0. The maximum Gasteiger partial charge on any atom is 0.289 e. The van der Waals surface area contributed by atoms with E-state index >= 15 is 0 Å². The van der Waals surface area contributed by atoms with Gasteiger partial charge in [-0.25, -0.2) is 0 Å². The molecule has 0 atom stereocenters. The van der Waals surface area contributed by atoms with E-state index in [0.29, 0.717) is 23.2 Å². The van der Waals surface area contributed by atoms with Crippen LogP contribution >= 0.6 is 23.4 Å². The molecule has 1 amide bonds. The average molecular weight is 448 g/mol. The van der Waals surface area contributed by atoms with Crippen molar-refractivity contribution in [3.8, 4) is 5.75 Å². The molecular weight excluding hydrogens is 430 g/mol. The molecule has 11 heteroatoms. The van der Waals surface area contributed by atoms with Crippen molar-refractivity contribution in [3.63, 3.8) is 0 Å². The first-order valence-corrected chi connectivity index (χ1v) is 10.3. The predicted octanol–water partition coefficient (Wildman–Crippen LogP) is 4.17. The van der Waals surface area contributed by atoms with Crippen LogP contribution < -0.4 is 10.1 Å². The Morgan fingerprint density at radius 3 is 2.73 bits per heavy atom. The molecule has 9 nitrogen and oxygen atoms in total. The minimum absolute atomic E-state index is 0.00803. The Kier molecular flexibility index (Phi) is 7.26. The monoisotopic (exact) mass is 447 g/mol. The van der Waals surface area contributed by atoms with Gasteiger partial charge in [0, 0.05) is 18.3 Å². The van der Waals surface area contributed by atoms with E-state index < -0.39 is 4.92 Å². The van der Waals surface area contributed by atoms with E-state index in [-0.39, 0.29) is 29.0 Å². The number of thioether (sulfide) groups is 1. The number of hydrogen-bond donors (Lipinski definition) is 1. The fraction of sp³-hybridized carbons (Fsp3) is 0.211. The summed E-state index contributed by atoms with van der Waals surface area (Å²) < 4.78 is 7.58. The van der Waals surface area contributed by atoms with Gasteiger partial charge in [0.15, 0.2) is 11.0 Å². The lowest BCUT2D eigenvalue weighted by Crippen LogP contribution is -2.15. The summed E-state index contributed by atoms with van der Waals surface area (Å²) >= 11 is 7.00. The number of hydrogen-bond acceptors (Lipinski definition) is 7. The van der Waals surface area contributed by atoms with Crippen LogP contribution in [0.25, 0.3) is 0 Å². The van der Waals surface area contributed by atoms with Crippen molar-refractivity contribution in [1.29, 1.82) is 0 Å². The first-order chi connectivity index (χ1) is 14.5. The molecule has 2 aromatic carbocycles. The molecule has 1 N–H and O–H groups in total. The third kappa shape index (κ3) is 5.49. The molecular formula is C19H18ClN5O4S. The molecule has 1 aromatic heterocycles. The number of ether oxygens (including phenoxy) is 1. The third-order valence-electron chi connectivity index (χ3n) is 3.98. The Morgan fingerprint density at radius 1 is 1.27 bits per heavy atom. The van der Waals surface area contributed by atoms with E-state index in [2.05, 4.69) is 15.5 Å². The summed E-state index contributed by atoms with van der Waals surface area (Å²) in [4.78, 5) is 22.6. The van der Waals surface area contributed by atoms with Crippen molar-refractivity contribution in [2.24, 2.45) is 0 Å². The molecule has 0 spiro atoms. The molecule has 0 aliphatic heterocycles. The molecule has 30 heavy (non-hydrogen) atoms. The Morgan fingerprint density at radius 2 is 2.03 bits per heavy atom. The number of carbonyl (C=O) groups excluding carboxylic acids is 1. The summed E-state index contributed by atoms with van der Waals surface area (Å²) in [6, 6.07) is 13.5. The van der Waals surface area contributed by atoms with Crippen LogP contribution in [0.2, 0.25) is 5.02 Å². The van der Waals surface area contributed by atoms with Gasteiger partial charge in [-0.3, -0.25) is 14.9 Å². The Labute approximate surface area is 181 Å². The number of amides is 1. The molecule has 0 aliphatic rings. The van der Waals surface area contributed by atoms with Gasteiger partial charge in [0.1, 0.15) is 17.4 Å². The standard InChI is InChI=1S/C19H18ClN5O4S/c1-2-24-17(11-29-14-6-4-3-5-7-14)22-23-19(24)30-12-18(26)21-13-8-9-15(20)16(10-13)25(27)28/h3-10H,2,11-12H2,1H3,(H,21,26). The Balaban J connectivity index is 1.59. The van der Waals surface area contributed by atoms with Gasteiger partial charge in [-0.1, -0.05) is 41.6 Å². The highest BCUT2D eigenvalue weighted by molar-refractivity contribution is 7.99. The van der Waals surface area contributed by atoms with E-state index in [1.54, 1.807) is 0 Å². The topological polar surface area (TPSA) is 112 Å². The number of para-hydroxylation sites is 1. The molecule has 3 aromatic rings. The van der Waals surface area contributed by atoms with Gasteiger partial charge in [-0.15, -0.1) is 10.2 Å². The molecule has 0 fully saturated rings. The molecule has 0 radical (unpaired) electrons. The number of aromatic nitrogens is 3. The number of rotatable bonds is 9. The zero-order chi connectivity index (χ0) is 21.5. The zero-order valence-electron chi connectivity index (χ0n) is 15.9. The van der Waals surface area contributed by atoms with Crippen molar-refractivity contribution in [3.05, 3.63) is 69.5 Å². The second-order valence-corrected chi connectivity index (χ2v) is 7.35. The smallest absolute Gasteiger partial charge is 0.289 e. The van der Waals surface area contributed by atoms with Crippen LogP contribution in [0.1, 0.15) is 12.7 Å². The number of nitrogens with zero attached hydrogens (tertiary/aromatic N) is 4. The minimum Gasteiger partial charge on any atom is -0.486 e. The van der Waals surface area contributed by atoms with Crippen molar-refractivity contribution in [2.75, 3.05) is 11.1 Å². The van der Waals surface area contributed by atoms with Crippen LogP contribution in [0.5, 0.6) is 5.75 Å². The molecule has 0 unspecified atom stereocenters. The second kappa shape index (κ2) is 10.1. The molecule has 3 rings (SSSR count). The average Bonchev–Trinajstić information content (AvgIpc) is 3.14. The van der Waals surface area contributed by atoms with Crippen LogP contribution in [0.3, 0.4) is 0 Å². The number of nitrogens with one attached hydrogen (secondary N) is 1. The molecule has 0 bridgehead atoms. The van der Waals surface area contributed by atoms with E-state index in [1.807, 2.05) is 41.8 Å². The Bertz CT molecular complexity index is 1040. The number of nitro groups is 1. The number of benzene rings is 2. The number of anilines is 1. The van der Waals surface area contributed by atoms with Gasteiger partial charge in [0.25, 0.3) is 5.69 Å². The molecule has 1 heterocycles. The van der Waals surface area contributed by atoms with Crippen LogP contribution in [-0.4, -0.2) is 31.3 Å². The fourth-order valence-electron chi connectivity index (χ4n) is 2.57. The lowest BCUT2D eigenvalue weighted by atomic mass is 10.3. The van der Waals surface area contributed by atoms with Gasteiger partial charge in [-0.2, -0.15) is 0 Å². The van der Waals surface area contributed by atoms with Crippen molar-refractivity contribution in [2.45, 2.75) is 25.2 Å². The largest absolute Gasteiger partial charge is 0.486 e. The minimum atomic E-state index is -0.602. The van der Waals surface area contributed by atoms with E-state index in [9.17, 15) is 14.9 Å². The highest BCUT2D eigenvalue weighted by Gasteiger charge is 2.16. The first-order valence-electron chi connectivity index (χ1n) is 8.94. The van der Waals surface area contributed by atoms with Gasteiger partial charge in [-0.05, 0) is 31.2 Å². The highest BCUT2D eigenvalue weighted by atomic mass is 35.5. The zero-order valence-corrected chi connectivity index (χ0v) is 17.5. The number of nitro benzene ring substituents is 1. The van der Waals surface area contributed by atoms with Crippen molar-refractivity contribution >= 4 is 40.6 Å². The van der Waals surface area contributed by atoms with Crippen LogP contribution in [-0.2, 0) is 17.9 Å². The van der Waals surface area contributed by atoms with Crippen LogP contribution in [0.15, 0.2) is 53.7 Å². The normalized spacial score (nSPS) is 10.6. The molecule has 0 saturated heterocycles. The maximum absolute atomic E-state index is 12.3. The number of halogens is 1. The van der Waals surface area contributed by atoms with Gasteiger partial charge in [0.05, 0.1) is 10.7 Å². The number of carbonyl (C=O) groups is 1. The van der Waals surface area contributed by atoms with E-state index in [4.69, 9.17) is 16.3 Å². The summed E-state index contributed by atoms with van der Waals surface area (Å²) in [5, 5.41) is 22.5. The van der Waals surface area contributed by atoms with Gasteiger partial charge in [0.2, 0.25) is 5.91 Å². The first kappa shape index (κ1) is 21.6. The van der Waals surface area contributed by atoms with Gasteiger partial charge < -0.3 is 14.6 Å². The maximum atomic E-state index is 12.3. The molecule has 0 aliphatic carbocycles. The predicted molar refractivity (Wildman–Crippen MR) is 114 cm³/mol. The molecule has 156 valence electrons. The quantitative estimate of drug-likeness (QED) is 0.297. The van der Waals surface area contributed by atoms with Crippen molar-refractivity contribution in [1.82, 2.24) is 14.8 Å². The second-order valence-electron chi connectivity index (χ2n) is 6.00. The summed E-state index contributed by atoms with van der Waals surface area (Å²) in [6.45, 7) is 2.83. The SMILES string of the molecule is CCn1c(COc2ccccc2)nnc1SCC(=O)Nc1ccc(Cl)c([N+](=O)[O-])c1. The van der Waals surface area contributed by atoms with E-state index in [1.165, 1.54) is 30.0 Å². The Hall–Kier alpha value is -3.11. The fourth-order valence-corrected chi connectivity index (χ4v) is 3.58.